The Hall–Kier alpha value is -2.42. The molecule has 0 unspecified atom stereocenters. The molecule has 0 radical (unpaired) electrons. The minimum Gasteiger partial charge on any atom is -0.341 e. The van der Waals surface area contributed by atoms with Gasteiger partial charge in [-0.15, -0.1) is 0 Å². The van der Waals surface area contributed by atoms with Crippen molar-refractivity contribution in [2.24, 2.45) is 11.7 Å². The fourth-order valence-corrected chi connectivity index (χ4v) is 4.69. The van der Waals surface area contributed by atoms with Gasteiger partial charge in [-0.1, -0.05) is 35.3 Å². The minimum absolute atomic E-state index is 0.0761. The Bertz CT molecular complexity index is 1120. The number of hydrogen-bond donors (Lipinski definition) is 3. The zero-order chi connectivity index (χ0) is 20.9. The monoisotopic (exact) mass is 445 g/mol. The largest absolute Gasteiger partial charge is 0.341 e. The van der Waals surface area contributed by atoms with Crippen molar-refractivity contribution in [3.63, 3.8) is 0 Å². The van der Waals surface area contributed by atoms with E-state index in [9.17, 15) is 4.79 Å². The molecule has 156 valence electrons. The molecule has 5 rings (SSSR count). The number of benzene rings is 1. The Kier molecular flexibility index (Phi) is 4.80. The molecule has 10 heteroatoms. The number of rotatable bonds is 5. The number of nitrogens with zero attached hydrogens (tertiary/aromatic N) is 4. The van der Waals surface area contributed by atoms with Crippen molar-refractivity contribution in [2.45, 2.75) is 31.2 Å². The van der Waals surface area contributed by atoms with E-state index in [4.69, 9.17) is 28.9 Å². The Morgan fingerprint density at radius 2 is 2.00 bits per heavy atom. The molecule has 3 heterocycles. The second-order valence-electron chi connectivity index (χ2n) is 8.03. The van der Waals surface area contributed by atoms with Crippen LogP contribution in [0.25, 0.3) is 22.3 Å². The number of nitrogens with two attached hydrogens (primary N) is 1. The van der Waals surface area contributed by atoms with Crippen molar-refractivity contribution in [3.05, 3.63) is 28.2 Å². The fraction of sp³-hybridized carbons (Fsp3) is 0.400. The number of fused-ring (bicyclic) bond motifs is 1. The van der Waals surface area contributed by atoms with Crippen molar-refractivity contribution in [2.75, 3.05) is 23.3 Å². The van der Waals surface area contributed by atoms with Gasteiger partial charge in [-0.25, -0.2) is 0 Å². The molecule has 1 saturated heterocycles. The van der Waals surface area contributed by atoms with Crippen LogP contribution in [-0.4, -0.2) is 45.2 Å². The number of H-pyrrole nitrogens is 1. The normalized spacial score (nSPS) is 18.6. The van der Waals surface area contributed by atoms with E-state index in [2.05, 4.69) is 30.4 Å². The maximum absolute atomic E-state index is 11.3. The summed E-state index contributed by atoms with van der Waals surface area (Å²) in [7, 11) is 0. The Balaban J connectivity index is 1.53. The molecule has 2 aliphatic rings. The first-order valence-corrected chi connectivity index (χ1v) is 10.7. The van der Waals surface area contributed by atoms with Gasteiger partial charge in [0.1, 0.15) is 5.82 Å². The van der Waals surface area contributed by atoms with E-state index in [-0.39, 0.29) is 5.54 Å². The number of carbonyl (C=O) groups is 1. The fourth-order valence-electron chi connectivity index (χ4n) is 4.30. The SMILES string of the molecule is NC1(C2CC2)CCN(c2nc(NC=O)c3c(-c4cccc(Cl)c4Cl)[nH]nc3n2)CC1. The zero-order valence-electron chi connectivity index (χ0n) is 16.2. The molecule has 8 nitrogen and oxygen atoms in total. The molecule has 0 bridgehead atoms. The van der Waals surface area contributed by atoms with Crippen LogP contribution < -0.4 is 16.0 Å². The highest BCUT2D eigenvalue weighted by molar-refractivity contribution is 6.43. The van der Waals surface area contributed by atoms with E-state index in [0.717, 1.165) is 25.9 Å². The second-order valence-corrected chi connectivity index (χ2v) is 8.81. The van der Waals surface area contributed by atoms with Crippen molar-refractivity contribution in [1.29, 1.82) is 0 Å². The van der Waals surface area contributed by atoms with Gasteiger partial charge in [-0.05, 0) is 37.7 Å². The van der Waals surface area contributed by atoms with Crippen LogP contribution in [-0.2, 0) is 4.79 Å². The molecular weight excluding hydrogens is 425 g/mol. The summed E-state index contributed by atoms with van der Waals surface area (Å²) < 4.78 is 0. The first kappa shape index (κ1) is 19.5. The third kappa shape index (κ3) is 3.29. The number of anilines is 2. The third-order valence-corrected chi connectivity index (χ3v) is 7.00. The van der Waals surface area contributed by atoms with Crippen molar-refractivity contribution < 1.29 is 4.79 Å². The third-order valence-electron chi connectivity index (χ3n) is 6.19. The van der Waals surface area contributed by atoms with Crippen molar-refractivity contribution in [1.82, 2.24) is 20.2 Å². The molecule has 1 aliphatic carbocycles. The summed E-state index contributed by atoms with van der Waals surface area (Å²) in [6.45, 7) is 1.55. The van der Waals surface area contributed by atoms with Gasteiger partial charge in [-0.2, -0.15) is 15.1 Å². The van der Waals surface area contributed by atoms with E-state index in [1.807, 2.05) is 6.07 Å². The standard InChI is InChI=1S/C20H21Cl2N7O/c21-13-3-1-2-12(15(13)22)16-14-17(24-10-30)25-19(26-18(14)28-27-16)29-8-6-20(23,7-9-29)11-4-5-11/h1-3,10-11H,4-9,23H2,(H2,24,25,26,27,28,30). The van der Waals surface area contributed by atoms with Gasteiger partial charge in [0.25, 0.3) is 0 Å². The number of amides is 1. The summed E-state index contributed by atoms with van der Waals surface area (Å²) in [5, 5.41) is 11.4. The van der Waals surface area contributed by atoms with E-state index in [1.54, 1.807) is 12.1 Å². The number of carbonyl (C=O) groups excluding carboxylic acids is 1. The molecular formula is C20H21Cl2N7O. The van der Waals surface area contributed by atoms with E-state index < -0.39 is 0 Å². The van der Waals surface area contributed by atoms with Gasteiger partial charge in [0.05, 0.1) is 21.1 Å². The van der Waals surface area contributed by atoms with E-state index in [0.29, 0.717) is 56.4 Å². The summed E-state index contributed by atoms with van der Waals surface area (Å²) >= 11 is 12.6. The number of aromatic amines is 1. The minimum atomic E-state index is -0.0761. The number of aromatic nitrogens is 4. The predicted octanol–water partition coefficient (Wildman–Crippen LogP) is 3.60. The summed E-state index contributed by atoms with van der Waals surface area (Å²) in [6, 6.07) is 5.33. The number of hydrogen-bond acceptors (Lipinski definition) is 6. The molecule has 4 N–H and O–H groups in total. The van der Waals surface area contributed by atoms with Crippen molar-refractivity contribution in [3.8, 4) is 11.3 Å². The molecule has 2 aromatic heterocycles. The van der Waals surface area contributed by atoms with Gasteiger partial charge < -0.3 is 16.0 Å². The summed E-state index contributed by atoms with van der Waals surface area (Å²) in [6.07, 6.45) is 4.86. The molecule has 1 aliphatic heterocycles. The van der Waals surface area contributed by atoms with Crippen LogP contribution in [0.4, 0.5) is 11.8 Å². The van der Waals surface area contributed by atoms with Crippen LogP contribution in [0.5, 0.6) is 0 Å². The first-order valence-electron chi connectivity index (χ1n) is 9.95. The first-order chi connectivity index (χ1) is 14.5. The number of halogens is 2. The lowest BCUT2D eigenvalue weighted by atomic mass is 9.84. The molecule has 0 atom stereocenters. The molecule has 1 aromatic carbocycles. The molecule has 1 amide bonds. The molecule has 1 saturated carbocycles. The van der Waals surface area contributed by atoms with Crippen LogP contribution in [0, 0.1) is 5.92 Å². The average Bonchev–Trinajstić information content (AvgIpc) is 3.52. The van der Waals surface area contributed by atoms with Gasteiger partial charge in [0.2, 0.25) is 12.4 Å². The predicted molar refractivity (Wildman–Crippen MR) is 118 cm³/mol. The van der Waals surface area contributed by atoms with Crippen LogP contribution in [0.15, 0.2) is 18.2 Å². The van der Waals surface area contributed by atoms with Gasteiger partial charge in [0.15, 0.2) is 5.65 Å². The second kappa shape index (κ2) is 7.37. The van der Waals surface area contributed by atoms with Gasteiger partial charge in [-0.3, -0.25) is 9.89 Å². The molecule has 0 spiro atoms. The topological polar surface area (TPSA) is 113 Å². The van der Waals surface area contributed by atoms with Crippen LogP contribution >= 0.6 is 23.2 Å². The smallest absolute Gasteiger partial charge is 0.229 e. The van der Waals surface area contributed by atoms with Crippen LogP contribution in [0.3, 0.4) is 0 Å². The van der Waals surface area contributed by atoms with Crippen LogP contribution in [0.2, 0.25) is 10.0 Å². The maximum Gasteiger partial charge on any atom is 0.229 e. The number of nitrogens with one attached hydrogen (secondary N) is 2. The quantitative estimate of drug-likeness (QED) is 0.517. The summed E-state index contributed by atoms with van der Waals surface area (Å²) in [4.78, 5) is 22.7. The zero-order valence-corrected chi connectivity index (χ0v) is 17.7. The van der Waals surface area contributed by atoms with Crippen molar-refractivity contribution >= 4 is 52.4 Å². The van der Waals surface area contributed by atoms with E-state index >= 15 is 0 Å². The highest BCUT2D eigenvalue weighted by Gasteiger charge is 2.44. The van der Waals surface area contributed by atoms with Crippen LogP contribution in [0.1, 0.15) is 25.7 Å². The maximum atomic E-state index is 11.3. The summed E-state index contributed by atoms with van der Waals surface area (Å²) in [5.41, 5.74) is 8.23. The van der Waals surface area contributed by atoms with Gasteiger partial charge in [0, 0.05) is 24.2 Å². The molecule has 2 fully saturated rings. The lowest BCUT2D eigenvalue weighted by molar-refractivity contribution is -0.105. The highest BCUT2D eigenvalue weighted by Crippen LogP contribution is 2.44. The lowest BCUT2D eigenvalue weighted by Gasteiger charge is -2.39. The molecule has 3 aromatic rings. The molecule has 30 heavy (non-hydrogen) atoms. The Morgan fingerprint density at radius 1 is 1.23 bits per heavy atom. The highest BCUT2D eigenvalue weighted by atomic mass is 35.5. The lowest BCUT2D eigenvalue weighted by Crippen LogP contribution is -2.52. The Morgan fingerprint density at radius 3 is 2.70 bits per heavy atom. The average molecular weight is 446 g/mol. The summed E-state index contributed by atoms with van der Waals surface area (Å²) in [5.74, 6) is 1.54. The Labute approximate surface area is 183 Å². The van der Waals surface area contributed by atoms with Gasteiger partial charge >= 0.3 is 0 Å². The van der Waals surface area contributed by atoms with E-state index in [1.165, 1.54) is 12.8 Å². The number of piperidine rings is 1.